The molecule has 0 N–H and O–H groups in total. The Morgan fingerprint density at radius 3 is 2.11 bits per heavy atom. The third-order valence-electron chi connectivity index (χ3n) is 2.96. The summed E-state index contributed by atoms with van der Waals surface area (Å²) < 4.78 is 5.36. The third kappa shape index (κ3) is 6.87. The van der Waals surface area contributed by atoms with Gasteiger partial charge in [-0.2, -0.15) is 0 Å². The Morgan fingerprint density at radius 1 is 1.22 bits per heavy atom. The van der Waals surface area contributed by atoms with Crippen LogP contribution in [0, 0.1) is 5.92 Å². The summed E-state index contributed by atoms with van der Waals surface area (Å²) in [5, 5.41) is 0. The molecule has 1 rings (SSSR count). The summed E-state index contributed by atoms with van der Waals surface area (Å²) in [6.07, 6.45) is 4.65. The van der Waals surface area contributed by atoms with Gasteiger partial charge in [-0.1, -0.05) is 33.6 Å². The molecule has 0 aromatic heterocycles. The van der Waals surface area contributed by atoms with E-state index in [2.05, 4.69) is 6.92 Å². The maximum Gasteiger partial charge on any atom is 0.410 e. The smallest absolute Gasteiger partial charge is 0.410 e. The Morgan fingerprint density at radius 2 is 1.72 bits per heavy atom. The molecule has 0 aromatic carbocycles. The lowest BCUT2D eigenvalue weighted by atomic mass is 9.93. The fraction of sp³-hybridized carbons (Fsp3) is 0.933. The van der Waals surface area contributed by atoms with E-state index in [9.17, 15) is 4.79 Å². The SMILES string of the molecule is CC.CCCC1CCN(C(=O)OC(C)(C)C)CC1. The molecule has 0 atom stereocenters. The molecule has 108 valence electrons. The number of rotatable bonds is 2. The normalized spacial score (nSPS) is 16.9. The number of likely N-dealkylation sites (tertiary alicyclic amines) is 1. The van der Waals surface area contributed by atoms with Crippen LogP contribution >= 0.6 is 0 Å². The molecule has 0 unspecified atom stereocenters. The van der Waals surface area contributed by atoms with E-state index in [-0.39, 0.29) is 11.7 Å². The van der Waals surface area contributed by atoms with Crippen molar-refractivity contribution >= 4 is 6.09 Å². The van der Waals surface area contributed by atoms with Gasteiger partial charge in [-0.15, -0.1) is 0 Å². The lowest BCUT2D eigenvalue weighted by Crippen LogP contribution is -2.41. The largest absolute Gasteiger partial charge is 0.444 e. The second-order valence-electron chi connectivity index (χ2n) is 5.70. The van der Waals surface area contributed by atoms with Crippen molar-refractivity contribution in [1.82, 2.24) is 4.90 Å². The first kappa shape index (κ1) is 17.3. The topological polar surface area (TPSA) is 29.5 Å². The van der Waals surface area contributed by atoms with Crippen LogP contribution in [0.3, 0.4) is 0 Å². The van der Waals surface area contributed by atoms with E-state index in [1.807, 2.05) is 39.5 Å². The quantitative estimate of drug-likeness (QED) is 0.731. The average molecular weight is 257 g/mol. The van der Waals surface area contributed by atoms with Crippen LogP contribution in [-0.2, 0) is 4.74 Å². The number of ether oxygens (including phenoxy) is 1. The maximum absolute atomic E-state index is 11.8. The molecule has 1 saturated heterocycles. The van der Waals surface area contributed by atoms with E-state index in [0.29, 0.717) is 0 Å². The van der Waals surface area contributed by atoms with Crippen LogP contribution in [0.4, 0.5) is 4.79 Å². The number of hydrogen-bond donors (Lipinski definition) is 0. The van der Waals surface area contributed by atoms with Crippen molar-refractivity contribution < 1.29 is 9.53 Å². The highest BCUT2D eigenvalue weighted by molar-refractivity contribution is 5.68. The monoisotopic (exact) mass is 257 g/mol. The number of nitrogens with zero attached hydrogens (tertiary/aromatic N) is 1. The van der Waals surface area contributed by atoms with Crippen molar-refractivity contribution in [3.05, 3.63) is 0 Å². The number of hydrogen-bond acceptors (Lipinski definition) is 2. The molecular formula is C15H31NO2. The number of piperidine rings is 1. The third-order valence-corrected chi connectivity index (χ3v) is 2.96. The van der Waals surface area contributed by atoms with Crippen molar-refractivity contribution in [2.75, 3.05) is 13.1 Å². The minimum atomic E-state index is -0.378. The summed E-state index contributed by atoms with van der Waals surface area (Å²) in [4.78, 5) is 13.6. The van der Waals surface area contributed by atoms with Crippen LogP contribution in [0.5, 0.6) is 0 Å². The number of carbonyl (C=O) groups excluding carboxylic acids is 1. The van der Waals surface area contributed by atoms with Gasteiger partial charge in [0, 0.05) is 13.1 Å². The van der Waals surface area contributed by atoms with E-state index in [4.69, 9.17) is 4.74 Å². The highest BCUT2D eigenvalue weighted by atomic mass is 16.6. The molecule has 1 heterocycles. The first-order valence-corrected chi connectivity index (χ1v) is 7.40. The van der Waals surface area contributed by atoms with Crippen molar-refractivity contribution in [2.24, 2.45) is 5.92 Å². The maximum atomic E-state index is 11.8. The first-order valence-electron chi connectivity index (χ1n) is 7.40. The van der Waals surface area contributed by atoms with Gasteiger partial charge in [0.15, 0.2) is 0 Å². The molecule has 3 nitrogen and oxygen atoms in total. The van der Waals surface area contributed by atoms with Gasteiger partial charge in [0.1, 0.15) is 5.60 Å². The minimum absolute atomic E-state index is 0.151. The number of carbonyl (C=O) groups is 1. The highest BCUT2D eigenvalue weighted by Crippen LogP contribution is 2.22. The summed E-state index contributed by atoms with van der Waals surface area (Å²) in [5.74, 6) is 0.809. The predicted molar refractivity (Wildman–Crippen MR) is 76.8 cm³/mol. The Labute approximate surface area is 113 Å². The van der Waals surface area contributed by atoms with Crippen molar-refractivity contribution in [3.8, 4) is 0 Å². The summed E-state index contributed by atoms with van der Waals surface area (Å²) in [6, 6.07) is 0. The van der Waals surface area contributed by atoms with Crippen molar-refractivity contribution in [2.45, 2.75) is 72.8 Å². The average Bonchev–Trinajstić information content (AvgIpc) is 2.31. The number of amides is 1. The Balaban J connectivity index is 0.00000137. The van der Waals surface area contributed by atoms with E-state index in [1.54, 1.807) is 0 Å². The molecule has 3 heteroatoms. The Bertz CT molecular complexity index is 225. The van der Waals surface area contributed by atoms with Crippen LogP contribution < -0.4 is 0 Å². The van der Waals surface area contributed by atoms with Gasteiger partial charge in [0.05, 0.1) is 0 Å². The Kier molecular flexibility index (Phi) is 8.05. The van der Waals surface area contributed by atoms with Gasteiger partial charge < -0.3 is 9.64 Å². The van der Waals surface area contributed by atoms with Gasteiger partial charge in [0.25, 0.3) is 0 Å². The summed E-state index contributed by atoms with van der Waals surface area (Å²) in [6.45, 7) is 13.7. The zero-order valence-electron chi connectivity index (χ0n) is 13.1. The molecule has 0 aromatic rings. The highest BCUT2D eigenvalue weighted by Gasteiger charge is 2.26. The zero-order valence-corrected chi connectivity index (χ0v) is 13.1. The zero-order chi connectivity index (χ0) is 14.2. The van der Waals surface area contributed by atoms with E-state index in [1.165, 1.54) is 12.8 Å². The first-order chi connectivity index (χ1) is 8.42. The van der Waals surface area contributed by atoms with Gasteiger partial charge in [0.2, 0.25) is 0 Å². The fourth-order valence-electron chi connectivity index (χ4n) is 2.14. The van der Waals surface area contributed by atoms with Gasteiger partial charge >= 0.3 is 6.09 Å². The standard InChI is InChI=1S/C13H25NO2.C2H6/c1-5-6-11-7-9-14(10-8-11)12(15)16-13(2,3)4;1-2/h11H,5-10H2,1-4H3;1-2H3. The van der Waals surface area contributed by atoms with Gasteiger partial charge in [-0.25, -0.2) is 4.79 Å². The molecule has 0 aliphatic carbocycles. The predicted octanol–water partition coefficient (Wildman–Crippen LogP) is 4.46. The second kappa shape index (κ2) is 8.39. The van der Waals surface area contributed by atoms with Crippen molar-refractivity contribution in [3.63, 3.8) is 0 Å². The van der Waals surface area contributed by atoms with E-state index >= 15 is 0 Å². The van der Waals surface area contributed by atoms with Gasteiger partial charge in [-0.3, -0.25) is 0 Å². The molecule has 0 saturated carbocycles. The molecule has 0 spiro atoms. The summed E-state index contributed by atoms with van der Waals surface area (Å²) >= 11 is 0. The van der Waals surface area contributed by atoms with E-state index in [0.717, 1.165) is 31.8 Å². The second-order valence-corrected chi connectivity index (χ2v) is 5.70. The van der Waals surface area contributed by atoms with Crippen molar-refractivity contribution in [1.29, 1.82) is 0 Å². The Hall–Kier alpha value is -0.730. The molecule has 1 fully saturated rings. The van der Waals surface area contributed by atoms with Crippen LogP contribution in [0.2, 0.25) is 0 Å². The molecule has 18 heavy (non-hydrogen) atoms. The van der Waals surface area contributed by atoms with E-state index < -0.39 is 0 Å². The van der Waals surface area contributed by atoms with Crippen LogP contribution in [-0.4, -0.2) is 29.7 Å². The molecule has 0 bridgehead atoms. The van der Waals surface area contributed by atoms with Gasteiger partial charge in [-0.05, 0) is 39.5 Å². The molecule has 1 aliphatic rings. The molecule has 0 radical (unpaired) electrons. The molecule has 1 amide bonds. The summed E-state index contributed by atoms with van der Waals surface area (Å²) in [7, 11) is 0. The molecule has 1 aliphatic heterocycles. The summed E-state index contributed by atoms with van der Waals surface area (Å²) in [5.41, 5.74) is -0.378. The lowest BCUT2D eigenvalue weighted by Gasteiger charge is -2.33. The minimum Gasteiger partial charge on any atom is -0.444 e. The van der Waals surface area contributed by atoms with Crippen LogP contribution in [0.15, 0.2) is 0 Å². The van der Waals surface area contributed by atoms with Crippen LogP contribution in [0.1, 0.15) is 67.2 Å². The molecular weight excluding hydrogens is 226 g/mol. The lowest BCUT2D eigenvalue weighted by molar-refractivity contribution is 0.0181. The van der Waals surface area contributed by atoms with Crippen LogP contribution in [0.25, 0.3) is 0 Å². The fourth-order valence-corrected chi connectivity index (χ4v) is 2.14.